The molecule has 3 aromatic rings. The number of amides is 1. The number of unbranched alkanes of at least 4 members (excludes halogenated alkanes) is 2. The Bertz CT molecular complexity index is 1670. The number of carbonyl (C=O) groups is 4. The number of thioether (sulfide) groups is 1. The Morgan fingerprint density at radius 3 is 2.02 bits per heavy atom. The maximum absolute atomic E-state index is 12.9. The number of carbonyl (C=O) groups excluding carboxylic acids is 3. The molecule has 6 N–H and O–H groups in total. The molecular formula is C38H56N8O9S. The van der Waals surface area contributed by atoms with Gasteiger partial charge in [-0.25, -0.2) is 14.8 Å². The van der Waals surface area contributed by atoms with Crippen LogP contribution < -0.4 is 21.7 Å². The molecule has 0 saturated heterocycles. The number of nitrogens with one attached hydrogen (secondary N) is 1. The van der Waals surface area contributed by atoms with Crippen LogP contribution in [0.2, 0.25) is 0 Å². The molecule has 1 aromatic carbocycles. The van der Waals surface area contributed by atoms with Gasteiger partial charge in [0.15, 0.2) is 17.0 Å². The van der Waals surface area contributed by atoms with Crippen LogP contribution in [0.4, 0.5) is 17.5 Å². The Morgan fingerprint density at radius 2 is 1.39 bits per heavy atom. The lowest BCUT2D eigenvalue weighted by atomic mass is 10.0. The van der Waals surface area contributed by atoms with Gasteiger partial charge in [-0.2, -0.15) is 21.7 Å². The summed E-state index contributed by atoms with van der Waals surface area (Å²) < 4.78 is 22.0. The van der Waals surface area contributed by atoms with Crippen molar-refractivity contribution in [3.63, 3.8) is 0 Å². The highest BCUT2D eigenvalue weighted by atomic mass is 32.2. The molecule has 0 bridgehead atoms. The van der Waals surface area contributed by atoms with E-state index in [2.05, 4.69) is 25.3 Å². The van der Waals surface area contributed by atoms with Crippen LogP contribution in [0.3, 0.4) is 0 Å². The molecule has 1 amide bonds. The lowest BCUT2D eigenvalue weighted by Gasteiger charge is -2.19. The maximum atomic E-state index is 12.9. The molecular weight excluding hydrogens is 745 g/mol. The van der Waals surface area contributed by atoms with Crippen molar-refractivity contribution in [3.8, 4) is 0 Å². The van der Waals surface area contributed by atoms with Crippen molar-refractivity contribution in [2.24, 2.45) is 0 Å². The van der Waals surface area contributed by atoms with Crippen LogP contribution >= 0.6 is 11.8 Å². The van der Waals surface area contributed by atoms with Crippen LogP contribution in [-0.4, -0.2) is 126 Å². The average molecular weight is 801 g/mol. The van der Waals surface area contributed by atoms with Gasteiger partial charge in [-0.3, -0.25) is 14.4 Å². The highest BCUT2D eigenvalue weighted by Crippen LogP contribution is 2.19. The van der Waals surface area contributed by atoms with Crippen molar-refractivity contribution in [1.29, 1.82) is 0 Å². The molecule has 56 heavy (non-hydrogen) atoms. The number of ether oxygens (including phenoxy) is 4. The minimum atomic E-state index is -1.21. The van der Waals surface area contributed by atoms with Gasteiger partial charge in [0.2, 0.25) is 5.95 Å². The van der Waals surface area contributed by atoms with Gasteiger partial charge in [0.1, 0.15) is 17.6 Å². The SMILES string of the molecule is CSCCOCCC(=O)CCCCOCCOCCOCCCCC(=O)CCC(NC(=O)c1ccc(N(C)Cc2cnc3nc(N)nc(N)c3n2)cc1)C(=O)O. The van der Waals surface area contributed by atoms with Gasteiger partial charge >= 0.3 is 5.97 Å². The fraction of sp³-hybridized carbons (Fsp3) is 0.579. The predicted octanol–water partition coefficient (Wildman–Crippen LogP) is 3.48. The Balaban J connectivity index is 1.20. The molecule has 0 spiro atoms. The second kappa shape index (κ2) is 26.4. The lowest BCUT2D eigenvalue weighted by Crippen LogP contribution is -2.41. The molecule has 1 atom stereocenters. The number of ketones is 2. The van der Waals surface area contributed by atoms with Crippen LogP contribution in [-0.2, 0) is 39.9 Å². The number of carboxylic acids is 1. The molecule has 0 aliphatic carbocycles. The number of aliphatic carboxylic acids is 1. The number of benzene rings is 1. The first-order chi connectivity index (χ1) is 27.1. The minimum Gasteiger partial charge on any atom is -0.480 e. The minimum absolute atomic E-state index is 0.0125. The summed E-state index contributed by atoms with van der Waals surface area (Å²) in [6, 6.07) is 5.45. The first kappa shape index (κ1) is 45.9. The molecule has 0 fully saturated rings. The van der Waals surface area contributed by atoms with E-state index in [9.17, 15) is 24.3 Å². The number of nitrogens with two attached hydrogens (primary N) is 2. The third kappa shape index (κ3) is 18.0. The Hall–Kier alpha value is -4.49. The second-order valence-corrected chi connectivity index (χ2v) is 14.0. The molecule has 2 heterocycles. The topological polar surface area (TPSA) is 244 Å². The van der Waals surface area contributed by atoms with Crippen LogP contribution in [0, 0.1) is 0 Å². The zero-order valence-electron chi connectivity index (χ0n) is 32.4. The van der Waals surface area contributed by atoms with Crippen molar-refractivity contribution < 1.29 is 43.2 Å². The fourth-order valence-electron chi connectivity index (χ4n) is 5.34. The van der Waals surface area contributed by atoms with E-state index in [4.69, 9.17) is 30.4 Å². The van der Waals surface area contributed by atoms with E-state index in [1.807, 2.05) is 18.2 Å². The first-order valence-corrected chi connectivity index (χ1v) is 20.2. The number of fused-ring (bicyclic) bond motifs is 1. The smallest absolute Gasteiger partial charge is 0.326 e. The highest BCUT2D eigenvalue weighted by molar-refractivity contribution is 7.98. The second-order valence-electron chi connectivity index (χ2n) is 13.0. The molecule has 2 aromatic heterocycles. The molecule has 3 rings (SSSR count). The Labute approximate surface area is 332 Å². The zero-order valence-corrected chi connectivity index (χ0v) is 33.2. The number of nitrogen functional groups attached to an aromatic ring is 2. The third-order valence-corrected chi connectivity index (χ3v) is 9.05. The van der Waals surface area contributed by atoms with Gasteiger partial charge in [0, 0.05) is 62.9 Å². The zero-order chi connectivity index (χ0) is 40.5. The summed E-state index contributed by atoms with van der Waals surface area (Å²) in [6.07, 6.45) is 7.87. The number of carboxylic acid groups (broad SMARTS) is 1. The number of Topliss-reactive ketones (excluding diaryl/α,β-unsaturated/α-hetero) is 2. The van der Waals surface area contributed by atoms with E-state index in [1.54, 1.807) is 42.2 Å². The largest absolute Gasteiger partial charge is 0.480 e. The summed E-state index contributed by atoms with van der Waals surface area (Å²) in [5.74, 6) is -0.520. The fourth-order valence-corrected chi connectivity index (χ4v) is 5.62. The van der Waals surface area contributed by atoms with Crippen molar-refractivity contribution in [2.75, 3.05) is 88.3 Å². The highest BCUT2D eigenvalue weighted by Gasteiger charge is 2.22. The van der Waals surface area contributed by atoms with E-state index >= 15 is 0 Å². The summed E-state index contributed by atoms with van der Waals surface area (Å²) >= 11 is 1.72. The molecule has 0 aliphatic heterocycles. The molecule has 308 valence electrons. The molecule has 1 unspecified atom stereocenters. The summed E-state index contributed by atoms with van der Waals surface area (Å²) in [6.45, 7) is 4.43. The standard InChI is InChI=1S/C38H56N8O9S/c1-46(26-28-25-41-35-33(42-28)34(39)44-38(40)45-35)29-11-9-27(10-12-29)36(49)43-32(37(50)51)14-13-30(47)7-3-5-16-52-19-21-55-22-20-53-17-6-4-8-31(48)15-18-54-23-24-56-2/h9-12,25,32H,3-8,13-24,26H2,1-2H3,(H,43,49)(H,50,51)(H4,39,40,41,44,45). The molecule has 17 nitrogen and oxygen atoms in total. The maximum Gasteiger partial charge on any atom is 0.326 e. The summed E-state index contributed by atoms with van der Waals surface area (Å²) in [7, 11) is 1.84. The predicted molar refractivity (Wildman–Crippen MR) is 215 cm³/mol. The van der Waals surface area contributed by atoms with Gasteiger partial charge in [0.25, 0.3) is 5.91 Å². The van der Waals surface area contributed by atoms with E-state index in [0.717, 1.165) is 24.3 Å². The van der Waals surface area contributed by atoms with E-state index in [1.165, 1.54) is 0 Å². The Kier molecular flexibility index (Phi) is 21.6. The summed E-state index contributed by atoms with van der Waals surface area (Å²) in [4.78, 5) is 67.6. The quantitative estimate of drug-likeness (QED) is 0.0681. The Morgan fingerprint density at radius 1 is 0.786 bits per heavy atom. The van der Waals surface area contributed by atoms with Gasteiger partial charge in [0.05, 0.1) is 58.1 Å². The van der Waals surface area contributed by atoms with Crippen molar-refractivity contribution in [2.45, 2.75) is 70.4 Å². The molecule has 0 radical (unpaired) electrons. The lowest BCUT2D eigenvalue weighted by molar-refractivity contribution is -0.139. The van der Waals surface area contributed by atoms with Gasteiger partial charge in [-0.05, 0) is 62.6 Å². The first-order valence-electron chi connectivity index (χ1n) is 18.8. The number of hydrogen-bond donors (Lipinski definition) is 4. The van der Waals surface area contributed by atoms with Crippen molar-refractivity contribution >= 4 is 63.8 Å². The number of nitrogens with zero attached hydrogens (tertiary/aromatic N) is 5. The number of anilines is 3. The van der Waals surface area contributed by atoms with Gasteiger partial charge in [-0.15, -0.1) is 0 Å². The molecule has 0 aliphatic rings. The number of aromatic nitrogens is 4. The van der Waals surface area contributed by atoms with Crippen molar-refractivity contribution in [1.82, 2.24) is 25.3 Å². The van der Waals surface area contributed by atoms with Crippen LogP contribution in [0.25, 0.3) is 11.2 Å². The molecule has 18 heteroatoms. The van der Waals surface area contributed by atoms with E-state index in [-0.39, 0.29) is 41.7 Å². The van der Waals surface area contributed by atoms with Crippen molar-refractivity contribution in [3.05, 3.63) is 41.7 Å². The normalized spacial score (nSPS) is 11.8. The average Bonchev–Trinajstić information content (AvgIpc) is 3.17. The third-order valence-electron chi connectivity index (χ3n) is 8.48. The van der Waals surface area contributed by atoms with Crippen LogP contribution in [0.1, 0.15) is 73.8 Å². The van der Waals surface area contributed by atoms with Crippen LogP contribution in [0.5, 0.6) is 0 Å². The summed E-state index contributed by atoms with van der Waals surface area (Å²) in [5.41, 5.74) is 13.9. The summed E-state index contributed by atoms with van der Waals surface area (Å²) in [5, 5.41) is 12.2. The van der Waals surface area contributed by atoms with E-state index in [0.29, 0.717) is 108 Å². The number of hydrogen-bond acceptors (Lipinski definition) is 16. The van der Waals surface area contributed by atoms with Gasteiger partial charge in [-0.1, -0.05) is 0 Å². The number of rotatable bonds is 31. The molecule has 0 saturated carbocycles. The van der Waals surface area contributed by atoms with Crippen LogP contribution in [0.15, 0.2) is 30.5 Å². The van der Waals surface area contributed by atoms with E-state index < -0.39 is 17.9 Å². The van der Waals surface area contributed by atoms with Gasteiger partial charge < -0.3 is 45.7 Å². The monoisotopic (exact) mass is 800 g/mol.